The number of anilines is 2. The molecule has 1 aliphatic heterocycles. The van der Waals surface area contributed by atoms with E-state index in [9.17, 15) is 0 Å². The highest BCUT2D eigenvalue weighted by Crippen LogP contribution is 2.19. The molecule has 0 unspecified atom stereocenters. The standard InChI is InChI=1S/C18H24N4/c1-14-11-18(20-12-17(14)19)21-16-7-9-22(10-8-16)13-15-5-3-2-4-6-15/h2-6,11-12,16H,7-10,13,19H2,1H3,(H,20,21). The Kier molecular flexibility index (Phi) is 4.59. The molecule has 2 aromatic rings. The Bertz CT molecular complexity index is 604. The lowest BCUT2D eigenvalue weighted by Crippen LogP contribution is -2.38. The molecule has 2 heterocycles. The van der Waals surface area contributed by atoms with Gasteiger partial charge in [0.1, 0.15) is 5.82 Å². The molecule has 3 rings (SSSR count). The van der Waals surface area contributed by atoms with Crippen molar-refractivity contribution in [2.75, 3.05) is 24.1 Å². The predicted molar refractivity (Wildman–Crippen MR) is 91.8 cm³/mol. The Balaban J connectivity index is 1.50. The van der Waals surface area contributed by atoms with Crippen LogP contribution in [0.5, 0.6) is 0 Å². The molecule has 116 valence electrons. The lowest BCUT2D eigenvalue weighted by molar-refractivity contribution is 0.211. The average Bonchev–Trinajstić information content (AvgIpc) is 2.54. The minimum Gasteiger partial charge on any atom is -0.397 e. The van der Waals surface area contributed by atoms with Crippen molar-refractivity contribution >= 4 is 11.5 Å². The Hall–Kier alpha value is -2.07. The molecule has 0 amide bonds. The summed E-state index contributed by atoms with van der Waals surface area (Å²) in [6, 6.07) is 13.2. The first kappa shape index (κ1) is 14.9. The normalized spacial score (nSPS) is 16.6. The minimum atomic E-state index is 0.502. The molecule has 0 saturated carbocycles. The number of rotatable bonds is 4. The number of hydrogen-bond donors (Lipinski definition) is 2. The Morgan fingerprint density at radius 2 is 1.95 bits per heavy atom. The summed E-state index contributed by atoms with van der Waals surface area (Å²) in [5.74, 6) is 0.938. The maximum atomic E-state index is 5.82. The van der Waals surface area contributed by atoms with E-state index in [1.165, 1.54) is 5.56 Å². The molecule has 1 aromatic heterocycles. The van der Waals surface area contributed by atoms with Gasteiger partial charge >= 0.3 is 0 Å². The van der Waals surface area contributed by atoms with E-state index >= 15 is 0 Å². The number of piperidine rings is 1. The van der Waals surface area contributed by atoms with Crippen LogP contribution in [0.25, 0.3) is 0 Å². The molecule has 0 atom stereocenters. The minimum absolute atomic E-state index is 0.502. The number of nitrogens with two attached hydrogens (primary N) is 1. The quantitative estimate of drug-likeness (QED) is 0.910. The highest BCUT2D eigenvalue weighted by Gasteiger charge is 2.19. The molecule has 22 heavy (non-hydrogen) atoms. The summed E-state index contributed by atoms with van der Waals surface area (Å²) < 4.78 is 0. The van der Waals surface area contributed by atoms with Gasteiger partial charge in [0.2, 0.25) is 0 Å². The van der Waals surface area contributed by atoms with Crippen LogP contribution in [0.4, 0.5) is 11.5 Å². The van der Waals surface area contributed by atoms with Crippen LogP contribution in [-0.2, 0) is 6.54 Å². The number of aryl methyl sites for hydroxylation is 1. The summed E-state index contributed by atoms with van der Waals surface area (Å²) >= 11 is 0. The van der Waals surface area contributed by atoms with Gasteiger partial charge < -0.3 is 11.1 Å². The first-order chi connectivity index (χ1) is 10.7. The summed E-state index contributed by atoms with van der Waals surface area (Å²) in [5.41, 5.74) is 9.05. The van der Waals surface area contributed by atoms with E-state index in [2.05, 4.69) is 45.5 Å². The van der Waals surface area contributed by atoms with Crippen LogP contribution in [0.3, 0.4) is 0 Å². The fourth-order valence-electron chi connectivity index (χ4n) is 2.93. The number of aromatic nitrogens is 1. The van der Waals surface area contributed by atoms with Gasteiger partial charge in [0.25, 0.3) is 0 Å². The van der Waals surface area contributed by atoms with Crippen molar-refractivity contribution in [1.82, 2.24) is 9.88 Å². The SMILES string of the molecule is Cc1cc(NC2CCN(Cc3ccccc3)CC2)ncc1N. The van der Waals surface area contributed by atoms with Gasteiger partial charge in [-0.15, -0.1) is 0 Å². The first-order valence-corrected chi connectivity index (χ1v) is 7.95. The molecular formula is C18H24N4. The molecule has 1 aliphatic rings. The monoisotopic (exact) mass is 296 g/mol. The van der Waals surface area contributed by atoms with Gasteiger partial charge in [-0.05, 0) is 37.0 Å². The number of pyridine rings is 1. The van der Waals surface area contributed by atoms with Crippen LogP contribution in [0.2, 0.25) is 0 Å². The van der Waals surface area contributed by atoms with E-state index in [0.29, 0.717) is 6.04 Å². The van der Waals surface area contributed by atoms with Gasteiger partial charge in [-0.1, -0.05) is 30.3 Å². The topological polar surface area (TPSA) is 54.2 Å². The van der Waals surface area contributed by atoms with E-state index < -0.39 is 0 Å². The number of hydrogen-bond acceptors (Lipinski definition) is 4. The fraction of sp³-hybridized carbons (Fsp3) is 0.389. The van der Waals surface area contributed by atoms with Crippen molar-refractivity contribution in [2.24, 2.45) is 0 Å². The van der Waals surface area contributed by atoms with Crippen molar-refractivity contribution < 1.29 is 0 Å². The van der Waals surface area contributed by atoms with Crippen molar-refractivity contribution in [1.29, 1.82) is 0 Å². The van der Waals surface area contributed by atoms with Crippen molar-refractivity contribution in [3.8, 4) is 0 Å². The molecule has 4 heteroatoms. The second kappa shape index (κ2) is 6.79. The summed E-state index contributed by atoms with van der Waals surface area (Å²) in [4.78, 5) is 6.89. The second-order valence-corrected chi connectivity index (χ2v) is 6.11. The second-order valence-electron chi connectivity index (χ2n) is 6.11. The van der Waals surface area contributed by atoms with Crippen molar-refractivity contribution in [2.45, 2.75) is 32.4 Å². The van der Waals surface area contributed by atoms with Crippen LogP contribution >= 0.6 is 0 Å². The van der Waals surface area contributed by atoms with Crippen LogP contribution in [0.1, 0.15) is 24.0 Å². The fourth-order valence-corrected chi connectivity index (χ4v) is 2.93. The third kappa shape index (κ3) is 3.77. The zero-order chi connectivity index (χ0) is 15.4. The maximum Gasteiger partial charge on any atom is 0.126 e. The van der Waals surface area contributed by atoms with E-state index in [1.54, 1.807) is 6.20 Å². The highest BCUT2D eigenvalue weighted by atomic mass is 15.1. The third-order valence-electron chi connectivity index (χ3n) is 4.34. The molecule has 0 aliphatic carbocycles. The summed E-state index contributed by atoms with van der Waals surface area (Å²) in [5, 5.41) is 3.54. The van der Waals surface area contributed by atoms with E-state index in [4.69, 9.17) is 5.73 Å². The van der Waals surface area contributed by atoms with Crippen molar-refractivity contribution in [3.05, 3.63) is 53.7 Å². The molecule has 0 spiro atoms. The maximum absolute atomic E-state index is 5.82. The third-order valence-corrected chi connectivity index (χ3v) is 4.34. The van der Waals surface area contributed by atoms with Crippen molar-refractivity contribution in [3.63, 3.8) is 0 Å². The molecule has 1 fully saturated rings. The molecule has 0 bridgehead atoms. The summed E-state index contributed by atoms with van der Waals surface area (Å²) in [6.45, 7) is 5.32. The molecule has 1 saturated heterocycles. The Labute approximate surface area is 132 Å². The number of benzene rings is 1. The first-order valence-electron chi connectivity index (χ1n) is 7.95. The van der Waals surface area contributed by atoms with Crippen LogP contribution in [-0.4, -0.2) is 29.0 Å². The van der Waals surface area contributed by atoms with E-state index in [1.807, 2.05) is 13.0 Å². The average molecular weight is 296 g/mol. The van der Waals surface area contributed by atoms with Crippen LogP contribution in [0, 0.1) is 6.92 Å². The molecular weight excluding hydrogens is 272 g/mol. The molecule has 3 N–H and O–H groups in total. The Morgan fingerprint density at radius 3 is 2.64 bits per heavy atom. The lowest BCUT2D eigenvalue weighted by Gasteiger charge is -2.32. The van der Waals surface area contributed by atoms with Gasteiger partial charge in [0.15, 0.2) is 0 Å². The van der Waals surface area contributed by atoms with Gasteiger partial charge in [-0.3, -0.25) is 4.90 Å². The van der Waals surface area contributed by atoms with Gasteiger partial charge in [-0.2, -0.15) is 0 Å². The molecule has 1 aromatic carbocycles. The zero-order valence-electron chi connectivity index (χ0n) is 13.1. The van der Waals surface area contributed by atoms with Gasteiger partial charge in [-0.25, -0.2) is 4.98 Å². The number of nitrogens with one attached hydrogen (secondary N) is 1. The predicted octanol–water partition coefficient (Wildman–Crippen LogP) is 3.05. The van der Waals surface area contributed by atoms with Gasteiger partial charge in [0, 0.05) is 25.7 Å². The lowest BCUT2D eigenvalue weighted by atomic mass is 10.0. The molecule has 4 nitrogen and oxygen atoms in total. The van der Waals surface area contributed by atoms with E-state index in [0.717, 1.165) is 49.5 Å². The molecule has 0 radical (unpaired) electrons. The zero-order valence-corrected chi connectivity index (χ0v) is 13.1. The smallest absolute Gasteiger partial charge is 0.126 e. The summed E-state index contributed by atoms with van der Waals surface area (Å²) in [7, 11) is 0. The van der Waals surface area contributed by atoms with Crippen LogP contribution < -0.4 is 11.1 Å². The van der Waals surface area contributed by atoms with Crippen LogP contribution in [0.15, 0.2) is 42.6 Å². The summed E-state index contributed by atoms with van der Waals surface area (Å²) in [6.07, 6.45) is 4.04. The number of nitrogens with zero attached hydrogens (tertiary/aromatic N) is 2. The Morgan fingerprint density at radius 1 is 1.23 bits per heavy atom. The highest BCUT2D eigenvalue weighted by molar-refractivity contribution is 5.51. The largest absolute Gasteiger partial charge is 0.397 e. The van der Waals surface area contributed by atoms with Gasteiger partial charge in [0.05, 0.1) is 11.9 Å². The number of likely N-dealkylation sites (tertiary alicyclic amines) is 1. The number of nitrogen functional groups attached to an aromatic ring is 1. The van der Waals surface area contributed by atoms with E-state index in [-0.39, 0.29) is 0 Å².